The van der Waals surface area contributed by atoms with E-state index in [-0.39, 0.29) is 12.3 Å². The van der Waals surface area contributed by atoms with Crippen molar-refractivity contribution in [2.45, 2.75) is 12.8 Å². The van der Waals surface area contributed by atoms with E-state index in [1.54, 1.807) is 38.5 Å². The quantitative estimate of drug-likeness (QED) is 0.586. The molecule has 1 N–H and O–H groups in total. The predicted molar refractivity (Wildman–Crippen MR) is 96.3 cm³/mol. The van der Waals surface area contributed by atoms with E-state index in [1.165, 1.54) is 16.7 Å². The zero-order chi connectivity index (χ0) is 17.7. The molecule has 0 saturated carbocycles. The van der Waals surface area contributed by atoms with Crippen LogP contribution in [0.4, 0.5) is 0 Å². The largest absolute Gasteiger partial charge is 0.497 e. The lowest BCUT2D eigenvalue weighted by molar-refractivity contribution is -0.137. The molecule has 128 valence electrons. The molecule has 0 aromatic heterocycles. The first-order chi connectivity index (χ1) is 11.5. The first-order valence-electron chi connectivity index (χ1n) is 7.15. The first kappa shape index (κ1) is 18.3. The smallest absolute Gasteiger partial charge is 0.303 e. The van der Waals surface area contributed by atoms with E-state index < -0.39 is 5.97 Å². The van der Waals surface area contributed by atoms with E-state index in [2.05, 4.69) is 0 Å². The summed E-state index contributed by atoms with van der Waals surface area (Å²) in [4.78, 5) is 25.0. The van der Waals surface area contributed by atoms with Crippen molar-refractivity contribution in [2.75, 3.05) is 20.8 Å². The number of aliphatic carboxylic acids is 1. The Balaban J connectivity index is 2.20. The van der Waals surface area contributed by atoms with Gasteiger partial charge in [0.1, 0.15) is 15.8 Å². The van der Waals surface area contributed by atoms with Crippen LogP contribution in [-0.2, 0) is 9.59 Å². The topological polar surface area (TPSA) is 76.1 Å². The molecule has 6 nitrogen and oxygen atoms in total. The van der Waals surface area contributed by atoms with Gasteiger partial charge in [0, 0.05) is 18.5 Å². The van der Waals surface area contributed by atoms with Gasteiger partial charge < -0.3 is 14.6 Å². The molecule has 0 radical (unpaired) electrons. The zero-order valence-corrected chi connectivity index (χ0v) is 14.9. The van der Waals surface area contributed by atoms with E-state index in [9.17, 15) is 9.59 Å². The number of hydrogen-bond acceptors (Lipinski definition) is 6. The number of hydrogen-bond donors (Lipinski definition) is 1. The lowest BCUT2D eigenvalue weighted by Crippen LogP contribution is -2.29. The van der Waals surface area contributed by atoms with Gasteiger partial charge in [0.05, 0.1) is 19.1 Å². The number of methoxy groups -OCH3 is 2. The molecule has 0 bridgehead atoms. The summed E-state index contributed by atoms with van der Waals surface area (Å²) in [5, 5.41) is 8.69. The van der Waals surface area contributed by atoms with Crippen LogP contribution in [0.1, 0.15) is 18.4 Å². The van der Waals surface area contributed by atoms with E-state index in [0.717, 1.165) is 0 Å². The molecule has 1 saturated heterocycles. The second-order valence-corrected chi connectivity index (χ2v) is 6.61. The molecule has 1 heterocycles. The van der Waals surface area contributed by atoms with E-state index in [1.807, 2.05) is 0 Å². The maximum absolute atomic E-state index is 12.5. The molecule has 1 amide bonds. The van der Waals surface area contributed by atoms with Crippen molar-refractivity contribution >= 4 is 46.3 Å². The van der Waals surface area contributed by atoms with Gasteiger partial charge in [-0.3, -0.25) is 14.5 Å². The number of carbonyl (C=O) groups excluding carboxylic acids is 1. The number of nitrogens with zero attached hydrogens (tertiary/aromatic N) is 1. The van der Waals surface area contributed by atoms with Crippen LogP contribution < -0.4 is 9.47 Å². The molecule has 1 aromatic rings. The van der Waals surface area contributed by atoms with Gasteiger partial charge in [0.15, 0.2) is 0 Å². The number of carboxylic acid groups (broad SMARTS) is 1. The Morgan fingerprint density at radius 1 is 1.38 bits per heavy atom. The van der Waals surface area contributed by atoms with Crippen molar-refractivity contribution in [3.63, 3.8) is 0 Å². The summed E-state index contributed by atoms with van der Waals surface area (Å²) in [6.45, 7) is 0.295. The third-order valence-electron chi connectivity index (χ3n) is 3.37. The maximum Gasteiger partial charge on any atom is 0.303 e. The number of thioether (sulfide) groups is 1. The number of carbonyl (C=O) groups is 2. The molecular formula is C16H17NO5S2. The van der Waals surface area contributed by atoms with Gasteiger partial charge in [-0.15, -0.1) is 0 Å². The summed E-state index contributed by atoms with van der Waals surface area (Å²) in [6, 6.07) is 5.31. The second-order valence-electron chi connectivity index (χ2n) is 4.94. The van der Waals surface area contributed by atoms with Gasteiger partial charge in [0.2, 0.25) is 0 Å². The van der Waals surface area contributed by atoms with Crippen LogP contribution in [0.2, 0.25) is 0 Å². The molecule has 1 aliphatic heterocycles. The fourth-order valence-corrected chi connectivity index (χ4v) is 3.47. The first-order valence-corrected chi connectivity index (χ1v) is 8.38. The highest BCUT2D eigenvalue weighted by atomic mass is 32.2. The second kappa shape index (κ2) is 8.16. The maximum atomic E-state index is 12.5. The lowest BCUT2D eigenvalue weighted by atomic mass is 10.1. The van der Waals surface area contributed by atoms with Gasteiger partial charge in [-0.1, -0.05) is 24.0 Å². The summed E-state index contributed by atoms with van der Waals surface area (Å²) < 4.78 is 10.9. The van der Waals surface area contributed by atoms with E-state index >= 15 is 0 Å². The average molecular weight is 367 g/mol. The van der Waals surface area contributed by atoms with Gasteiger partial charge in [-0.05, 0) is 30.7 Å². The Hall–Kier alpha value is -2.06. The van der Waals surface area contributed by atoms with Crippen LogP contribution in [0.5, 0.6) is 11.5 Å². The third kappa shape index (κ3) is 4.27. The van der Waals surface area contributed by atoms with Crippen molar-refractivity contribution in [1.82, 2.24) is 4.90 Å². The minimum absolute atomic E-state index is 0.000184. The van der Waals surface area contributed by atoms with Gasteiger partial charge >= 0.3 is 5.97 Å². The fraction of sp³-hybridized carbons (Fsp3) is 0.312. The molecule has 0 aliphatic carbocycles. The van der Waals surface area contributed by atoms with Crippen molar-refractivity contribution in [2.24, 2.45) is 0 Å². The molecule has 0 spiro atoms. The molecule has 1 fully saturated rings. The molecule has 2 rings (SSSR count). The lowest BCUT2D eigenvalue weighted by Gasteiger charge is -2.13. The van der Waals surface area contributed by atoms with Crippen LogP contribution in [0.15, 0.2) is 23.1 Å². The molecule has 1 aromatic carbocycles. The van der Waals surface area contributed by atoms with Gasteiger partial charge in [0.25, 0.3) is 5.91 Å². The Kier molecular flexibility index (Phi) is 6.22. The SMILES string of the molecule is COc1ccc(OC)c(/C=C2/SC(=S)N(CCCC(=O)O)C2=O)c1. The highest BCUT2D eigenvalue weighted by Gasteiger charge is 2.31. The number of ether oxygens (including phenoxy) is 2. The average Bonchev–Trinajstić information content (AvgIpc) is 2.81. The predicted octanol–water partition coefficient (Wildman–Crippen LogP) is 2.77. The highest BCUT2D eigenvalue weighted by Crippen LogP contribution is 2.35. The molecule has 0 unspecified atom stereocenters. The molecular weight excluding hydrogens is 350 g/mol. The Morgan fingerprint density at radius 2 is 2.12 bits per heavy atom. The standard InChI is InChI=1S/C16H17NO5S2/c1-21-11-5-6-12(22-2)10(8-11)9-13-15(20)17(16(23)24-13)7-3-4-14(18)19/h5-6,8-9H,3-4,7H2,1-2H3,(H,18,19)/b13-9+. The van der Waals surface area contributed by atoms with Crippen LogP contribution in [0, 0.1) is 0 Å². The van der Waals surface area contributed by atoms with Crippen LogP contribution in [0.25, 0.3) is 6.08 Å². The van der Waals surface area contributed by atoms with Crippen molar-refractivity contribution < 1.29 is 24.2 Å². The van der Waals surface area contributed by atoms with Gasteiger partial charge in [-0.2, -0.15) is 0 Å². The normalized spacial score (nSPS) is 15.9. The molecule has 8 heteroatoms. The summed E-state index contributed by atoms with van der Waals surface area (Å²) in [5.74, 6) is 0.156. The van der Waals surface area contributed by atoms with Crippen molar-refractivity contribution in [3.05, 3.63) is 28.7 Å². The summed E-state index contributed by atoms with van der Waals surface area (Å²) >= 11 is 6.42. The van der Waals surface area contributed by atoms with Gasteiger partial charge in [-0.25, -0.2) is 0 Å². The Labute approximate surface area is 149 Å². The summed E-state index contributed by atoms with van der Waals surface area (Å²) in [6.07, 6.45) is 2.06. The minimum atomic E-state index is -0.892. The molecule has 0 atom stereocenters. The van der Waals surface area contributed by atoms with E-state index in [4.69, 9.17) is 26.8 Å². The number of thiocarbonyl (C=S) groups is 1. The third-order valence-corrected chi connectivity index (χ3v) is 4.75. The Bertz CT molecular complexity index is 702. The summed E-state index contributed by atoms with van der Waals surface area (Å²) in [5.41, 5.74) is 0.711. The fourth-order valence-electron chi connectivity index (χ4n) is 2.17. The summed E-state index contributed by atoms with van der Waals surface area (Å²) in [7, 11) is 3.11. The molecule has 24 heavy (non-hydrogen) atoms. The van der Waals surface area contributed by atoms with E-state index in [0.29, 0.717) is 39.3 Å². The van der Waals surface area contributed by atoms with Crippen LogP contribution in [-0.4, -0.2) is 47.0 Å². The number of amides is 1. The monoisotopic (exact) mass is 367 g/mol. The number of benzene rings is 1. The Morgan fingerprint density at radius 3 is 2.75 bits per heavy atom. The minimum Gasteiger partial charge on any atom is -0.497 e. The highest BCUT2D eigenvalue weighted by molar-refractivity contribution is 8.26. The van der Waals surface area contributed by atoms with Crippen molar-refractivity contribution in [1.29, 1.82) is 0 Å². The zero-order valence-electron chi connectivity index (χ0n) is 13.3. The number of carboxylic acids is 1. The number of rotatable bonds is 7. The molecule has 1 aliphatic rings. The van der Waals surface area contributed by atoms with Crippen molar-refractivity contribution in [3.8, 4) is 11.5 Å². The van der Waals surface area contributed by atoms with Crippen LogP contribution >= 0.6 is 24.0 Å². The van der Waals surface area contributed by atoms with Crippen LogP contribution in [0.3, 0.4) is 0 Å².